The molecule has 0 amide bonds. The number of nitrogens with one attached hydrogen (secondary N) is 1. The van der Waals surface area contributed by atoms with Gasteiger partial charge < -0.3 is 15.9 Å². The van der Waals surface area contributed by atoms with E-state index in [1.54, 1.807) is 6.07 Å². The van der Waals surface area contributed by atoms with E-state index in [1.807, 2.05) is 31.2 Å². The summed E-state index contributed by atoms with van der Waals surface area (Å²) in [6.45, 7) is 1.98. The smallest absolute Gasteiger partial charge is 0.226 e. The van der Waals surface area contributed by atoms with Crippen molar-refractivity contribution in [3.05, 3.63) is 35.9 Å². The average Bonchev–Trinajstić information content (AvgIpc) is 2.28. The molecule has 1 aromatic heterocycles. The minimum Gasteiger partial charge on any atom is -0.439 e. The molecule has 88 valence electrons. The van der Waals surface area contributed by atoms with E-state index in [0.29, 0.717) is 17.4 Å². The molecule has 1 heterocycles. The second-order valence-electron chi connectivity index (χ2n) is 3.51. The molecule has 0 aliphatic rings. The Balaban J connectivity index is 2.26. The number of benzene rings is 1. The lowest BCUT2D eigenvalue weighted by atomic mass is 10.2. The number of rotatable bonds is 3. The highest BCUT2D eigenvalue weighted by molar-refractivity contribution is 5.43. The van der Waals surface area contributed by atoms with Gasteiger partial charge in [0.25, 0.3) is 0 Å². The molecule has 17 heavy (non-hydrogen) atoms. The Bertz CT molecular complexity index is 529. The summed E-state index contributed by atoms with van der Waals surface area (Å²) < 4.78 is 5.56. The van der Waals surface area contributed by atoms with Gasteiger partial charge >= 0.3 is 0 Å². The maximum absolute atomic E-state index is 5.56. The number of hydrazine groups is 1. The Labute approximate surface area is 98.6 Å². The zero-order valence-corrected chi connectivity index (χ0v) is 9.34. The summed E-state index contributed by atoms with van der Waals surface area (Å²) in [5, 5.41) is 0. The second-order valence-corrected chi connectivity index (χ2v) is 3.51. The van der Waals surface area contributed by atoms with Gasteiger partial charge in [-0.25, -0.2) is 5.84 Å². The van der Waals surface area contributed by atoms with E-state index in [1.165, 1.54) is 0 Å². The van der Waals surface area contributed by atoms with Crippen molar-refractivity contribution in [1.29, 1.82) is 0 Å². The van der Waals surface area contributed by atoms with Gasteiger partial charge in [0.1, 0.15) is 11.6 Å². The number of aryl methyl sites for hydroxylation is 1. The predicted molar refractivity (Wildman–Crippen MR) is 65.5 cm³/mol. The van der Waals surface area contributed by atoms with E-state index in [9.17, 15) is 0 Å². The Morgan fingerprint density at radius 3 is 2.76 bits per heavy atom. The molecule has 0 fully saturated rings. The van der Waals surface area contributed by atoms with E-state index < -0.39 is 0 Å². The molecule has 0 aliphatic heterocycles. The fourth-order valence-corrected chi connectivity index (χ4v) is 1.37. The van der Waals surface area contributed by atoms with Gasteiger partial charge in [0.15, 0.2) is 0 Å². The van der Waals surface area contributed by atoms with Crippen LogP contribution in [-0.2, 0) is 0 Å². The highest BCUT2D eigenvalue weighted by Gasteiger charge is 2.03. The molecule has 1 aromatic carbocycles. The first-order chi connectivity index (χ1) is 8.17. The van der Waals surface area contributed by atoms with Crippen LogP contribution in [0, 0.1) is 6.92 Å². The monoisotopic (exact) mass is 231 g/mol. The van der Waals surface area contributed by atoms with Gasteiger partial charge in [-0.2, -0.15) is 9.97 Å². The van der Waals surface area contributed by atoms with Crippen LogP contribution in [0.25, 0.3) is 0 Å². The van der Waals surface area contributed by atoms with Crippen molar-refractivity contribution in [3.63, 3.8) is 0 Å². The molecule has 2 rings (SSSR count). The first kappa shape index (κ1) is 11.2. The van der Waals surface area contributed by atoms with Crippen LogP contribution in [0.5, 0.6) is 11.6 Å². The number of hydrogen-bond donors (Lipinski definition) is 3. The normalized spacial score (nSPS) is 10.0. The van der Waals surface area contributed by atoms with Crippen LogP contribution < -0.4 is 21.7 Å². The summed E-state index contributed by atoms with van der Waals surface area (Å²) in [5.41, 5.74) is 9.01. The van der Waals surface area contributed by atoms with Gasteiger partial charge in [-0.05, 0) is 24.6 Å². The number of nitrogen functional groups attached to an aromatic ring is 2. The minimum absolute atomic E-state index is 0.100. The molecule has 0 radical (unpaired) electrons. The van der Waals surface area contributed by atoms with Crippen molar-refractivity contribution in [2.24, 2.45) is 5.84 Å². The number of hydrogen-bond acceptors (Lipinski definition) is 6. The van der Waals surface area contributed by atoms with E-state index in [0.717, 1.165) is 5.56 Å². The molecular weight excluding hydrogens is 218 g/mol. The second kappa shape index (κ2) is 4.67. The lowest BCUT2D eigenvalue weighted by Gasteiger charge is -2.07. The maximum atomic E-state index is 5.56. The highest BCUT2D eigenvalue weighted by Crippen LogP contribution is 2.22. The molecule has 6 heteroatoms. The molecule has 0 saturated carbocycles. The Morgan fingerprint density at radius 1 is 1.24 bits per heavy atom. The van der Waals surface area contributed by atoms with Crippen LogP contribution in [0.1, 0.15) is 5.56 Å². The molecule has 0 bridgehead atoms. The number of nitrogens with two attached hydrogens (primary N) is 2. The van der Waals surface area contributed by atoms with Crippen molar-refractivity contribution in [3.8, 4) is 11.6 Å². The van der Waals surface area contributed by atoms with Crippen LogP contribution in [0.15, 0.2) is 30.3 Å². The summed E-state index contributed by atoms with van der Waals surface area (Å²) in [7, 11) is 0. The quantitative estimate of drug-likeness (QED) is 0.546. The Kier molecular flexibility index (Phi) is 3.06. The number of ether oxygens (including phenoxy) is 1. The SMILES string of the molecule is Cc1cccc(Oc2cc(NN)nc(N)n2)c1. The molecule has 0 unspecified atom stereocenters. The van der Waals surface area contributed by atoms with Gasteiger partial charge in [0, 0.05) is 6.07 Å². The van der Waals surface area contributed by atoms with Crippen molar-refractivity contribution in [2.75, 3.05) is 11.2 Å². The van der Waals surface area contributed by atoms with Crippen molar-refractivity contribution >= 4 is 11.8 Å². The molecule has 0 spiro atoms. The van der Waals surface area contributed by atoms with Crippen molar-refractivity contribution in [2.45, 2.75) is 6.92 Å². The van der Waals surface area contributed by atoms with Gasteiger partial charge in [-0.1, -0.05) is 12.1 Å². The third-order valence-electron chi connectivity index (χ3n) is 2.08. The Hall–Kier alpha value is -2.34. The molecule has 0 atom stereocenters. The van der Waals surface area contributed by atoms with Crippen LogP contribution in [0.4, 0.5) is 11.8 Å². The topological polar surface area (TPSA) is 99.1 Å². The van der Waals surface area contributed by atoms with Gasteiger partial charge in [0.2, 0.25) is 11.8 Å². The molecule has 0 saturated heterocycles. The van der Waals surface area contributed by atoms with Crippen LogP contribution >= 0.6 is 0 Å². The Morgan fingerprint density at radius 2 is 2.06 bits per heavy atom. The molecule has 5 N–H and O–H groups in total. The van der Waals surface area contributed by atoms with Crippen molar-refractivity contribution < 1.29 is 4.74 Å². The zero-order chi connectivity index (χ0) is 12.3. The fraction of sp³-hybridized carbons (Fsp3) is 0.0909. The zero-order valence-electron chi connectivity index (χ0n) is 9.34. The number of nitrogens with zero attached hydrogens (tertiary/aromatic N) is 2. The van der Waals surface area contributed by atoms with Crippen LogP contribution in [0.2, 0.25) is 0 Å². The lowest BCUT2D eigenvalue weighted by Crippen LogP contribution is -2.10. The summed E-state index contributed by atoms with van der Waals surface area (Å²) in [4.78, 5) is 7.82. The minimum atomic E-state index is 0.100. The predicted octanol–water partition coefficient (Wildman–Crippen LogP) is 1.45. The maximum Gasteiger partial charge on any atom is 0.226 e. The summed E-state index contributed by atoms with van der Waals surface area (Å²) >= 11 is 0. The first-order valence-electron chi connectivity index (χ1n) is 5.03. The molecule has 2 aromatic rings. The largest absolute Gasteiger partial charge is 0.439 e. The third kappa shape index (κ3) is 2.82. The number of aromatic nitrogens is 2. The van der Waals surface area contributed by atoms with Gasteiger partial charge in [0.05, 0.1) is 0 Å². The molecular formula is C11H13N5O. The standard InChI is InChI=1S/C11H13N5O/c1-7-3-2-4-8(5-7)17-10-6-9(16-13)14-11(12)15-10/h2-6H,13H2,1H3,(H3,12,14,15,16). The molecule has 6 nitrogen and oxygen atoms in total. The first-order valence-corrected chi connectivity index (χ1v) is 5.03. The van der Waals surface area contributed by atoms with Gasteiger partial charge in [-0.15, -0.1) is 0 Å². The summed E-state index contributed by atoms with van der Waals surface area (Å²) in [6.07, 6.45) is 0. The van der Waals surface area contributed by atoms with E-state index >= 15 is 0 Å². The highest BCUT2D eigenvalue weighted by atomic mass is 16.5. The van der Waals surface area contributed by atoms with E-state index in [4.69, 9.17) is 16.3 Å². The van der Waals surface area contributed by atoms with Crippen LogP contribution in [-0.4, -0.2) is 9.97 Å². The fourth-order valence-electron chi connectivity index (χ4n) is 1.37. The van der Waals surface area contributed by atoms with Gasteiger partial charge in [-0.3, -0.25) is 0 Å². The summed E-state index contributed by atoms with van der Waals surface area (Å²) in [5.74, 6) is 6.79. The van der Waals surface area contributed by atoms with E-state index in [-0.39, 0.29) is 5.95 Å². The van der Waals surface area contributed by atoms with E-state index in [2.05, 4.69) is 15.4 Å². The average molecular weight is 231 g/mol. The lowest BCUT2D eigenvalue weighted by molar-refractivity contribution is 0.462. The number of anilines is 2. The third-order valence-corrected chi connectivity index (χ3v) is 2.08. The summed E-state index contributed by atoms with van der Waals surface area (Å²) in [6, 6.07) is 9.18. The van der Waals surface area contributed by atoms with Crippen molar-refractivity contribution in [1.82, 2.24) is 9.97 Å². The molecule has 0 aliphatic carbocycles. The van der Waals surface area contributed by atoms with Crippen LogP contribution in [0.3, 0.4) is 0 Å².